The number of carbonyl (C=O) groups is 1. The van der Waals surface area contributed by atoms with Gasteiger partial charge in [0, 0.05) is 24.5 Å². The van der Waals surface area contributed by atoms with Gasteiger partial charge in [-0.25, -0.2) is 0 Å². The zero-order chi connectivity index (χ0) is 17.8. The molecule has 2 aromatic rings. The molecule has 0 aliphatic carbocycles. The Bertz CT molecular complexity index is 729. The summed E-state index contributed by atoms with van der Waals surface area (Å²) in [4.78, 5) is 14.9. The molecule has 0 fully saturated rings. The highest BCUT2D eigenvalue weighted by Crippen LogP contribution is 2.32. The molecular weight excluding hydrogens is 310 g/mol. The number of hydrogen-bond acceptors (Lipinski definition) is 3. The van der Waals surface area contributed by atoms with Gasteiger partial charge < -0.3 is 16.0 Å². The molecule has 4 heteroatoms. The third-order valence-corrected chi connectivity index (χ3v) is 5.12. The van der Waals surface area contributed by atoms with Crippen molar-refractivity contribution >= 4 is 17.3 Å². The van der Waals surface area contributed by atoms with Gasteiger partial charge in [-0.05, 0) is 48.9 Å². The Labute approximate surface area is 150 Å². The van der Waals surface area contributed by atoms with E-state index in [0.717, 1.165) is 30.8 Å². The van der Waals surface area contributed by atoms with Crippen LogP contribution >= 0.6 is 0 Å². The van der Waals surface area contributed by atoms with E-state index in [9.17, 15) is 4.79 Å². The lowest BCUT2D eigenvalue weighted by atomic mass is 9.98. The lowest BCUT2D eigenvalue weighted by molar-refractivity contribution is -0.122. The summed E-state index contributed by atoms with van der Waals surface area (Å²) in [6, 6.07) is 16.1. The number of benzene rings is 2. The highest BCUT2D eigenvalue weighted by Gasteiger charge is 2.27. The van der Waals surface area contributed by atoms with Crippen LogP contribution in [0.5, 0.6) is 0 Å². The average Bonchev–Trinajstić information content (AvgIpc) is 2.66. The molecule has 0 spiro atoms. The van der Waals surface area contributed by atoms with Gasteiger partial charge in [-0.1, -0.05) is 43.3 Å². The standard InChI is InChI=1S/C21H27N3O/c1-15(17-8-4-3-5-9-17)14-23-21(25)16(2)24-13-7-10-18-19(22)11-6-12-20(18)24/h3-6,8-9,11-12,15-16H,7,10,13-14,22H2,1-2H3,(H,23,25). The fraction of sp³-hybridized carbons (Fsp3) is 0.381. The molecule has 2 atom stereocenters. The number of amides is 1. The zero-order valence-corrected chi connectivity index (χ0v) is 15.0. The fourth-order valence-electron chi connectivity index (χ4n) is 3.52. The summed E-state index contributed by atoms with van der Waals surface area (Å²) in [6.07, 6.45) is 2.01. The van der Waals surface area contributed by atoms with E-state index in [4.69, 9.17) is 5.73 Å². The van der Waals surface area contributed by atoms with Crippen molar-refractivity contribution in [3.63, 3.8) is 0 Å². The van der Waals surface area contributed by atoms with E-state index in [1.165, 1.54) is 11.1 Å². The zero-order valence-electron chi connectivity index (χ0n) is 15.0. The summed E-state index contributed by atoms with van der Waals surface area (Å²) in [5, 5.41) is 3.11. The van der Waals surface area contributed by atoms with E-state index in [2.05, 4.69) is 35.3 Å². The van der Waals surface area contributed by atoms with E-state index >= 15 is 0 Å². The molecule has 0 saturated carbocycles. The number of rotatable bonds is 5. The Morgan fingerprint density at radius 3 is 2.68 bits per heavy atom. The second-order valence-electron chi connectivity index (χ2n) is 6.87. The Morgan fingerprint density at radius 2 is 1.92 bits per heavy atom. The van der Waals surface area contributed by atoms with E-state index in [0.29, 0.717) is 12.5 Å². The Morgan fingerprint density at radius 1 is 1.16 bits per heavy atom. The van der Waals surface area contributed by atoms with Crippen molar-refractivity contribution in [3.8, 4) is 0 Å². The maximum absolute atomic E-state index is 12.7. The number of carbonyl (C=O) groups excluding carboxylic acids is 1. The van der Waals surface area contributed by atoms with Crippen LogP contribution in [-0.2, 0) is 11.2 Å². The summed E-state index contributed by atoms with van der Waals surface area (Å²) < 4.78 is 0. The second kappa shape index (κ2) is 7.60. The van der Waals surface area contributed by atoms with Gasteiger partial charge in [-0.15, -0.1) is 0 Å². The molecule has 0 aromatic heterocycles. The number of fused-ring (bicyclic) bond motifs is 1. The van der Waals surface area contributed by atoms with Gasteiger partial charge in [-0.3, -0.25) is 4.79 Å². The van der Waals surface area contributed by atoms with Gasteiger partial charge in [-0.2, -0.15) is 0 Å². The van der Waals surface area contributed by atoms with Gasteiger partial charge in [0.25, 0.3) is 0 Å². The van der Waals surface area contributed by atoms with Crippen LogP contribution in [-0.4, -0.2) is 25.0 Å². The number of anilines is 2. The maximum Gasteiger partial charge on any atom is 0.242 e. The first-order valence-electron chi connectivity index (χ1n) is 9.04. The second-order valence-corrected chi connectivity index (χ2v) is 6.87. The van der Waals surface area contributed by atoms with Crippen LogP contribution in [0.25, 0.3) is 0 Å². The molecule has 4 nitrogen and oxygen atoms in total. The maximum atomic E-state index is 12.7. The van der Waals surface area contributed by atoms with E-state index < -0.39 is 0 Å². The summed E-state index contributed by atoms with van der Waals surface area (Å²) in [5.74, 6) is 0.361. The van der Waals surface area contributed by atoms with Crippen molar-refractivity contribution in [2.24, 2.45) is 0 Å². The van der Waals surface area contributed by atoms with Gasteiger partial charge >= 0.3 is 0 Å². The minimum atomic E-state index is -0.205. The molecule has 1 amide bonds. The van der Waals surface area contributed by atoms with Gasteiger partial charge in [0.15, 0.2) is 0 Å². The lowest BCUT2D eigenvalue weighted by Gasteiger charge is -2.36. The summed E-state index contributed by atoms with van der Waals surface area (Å²) in [6.45, 7) is 5.64. The van der Waals surface area contributed by atoms with Gasteiger partial charge in [0.1, 0.15) is 6.04 Å². The topological polar surface area (TPSA) is 58.4 Å². The van der Waals surface area contributed by atoms with Crippen molar-refractivity contribution in [1.82, 2.24) is 5.32 Å². The molecule has 1 aliphatic heterocycles. The number of hydrogen-bond donors (Lipinski definition) is 2. The molecule has 1 heterocycles. The molecule has 25 heavy (non-hydrogen) atoms. The van der Waals surface area contributed by atoms with Crippen LogP contribution in [0, 0.1) is 0 Å². The predicted molar refractivity (Wildman–Crippen MR) is 104 cm³/mol. The van der Waals surface area contributed by atoms with Gasteiger partial charge in [0.2, 0.25) is 5.91 Å². The number of nitrogens with two attached hydrogens (primary N) is 1. The molecular formula is C21H27N3O. The van der Waals surface area contributed by atoms with Crippen molar-refractivity contribution in [1.29, 1.82) is 0 Å². The molecule has 2 unspecified atom stereocenters. The Balaban J connectivity index is 1.65. The fourth-order valence-corrected chi connectivity index (χ4v) is 3.52. The number of nitrogens with zero attached hydrogens (tertiary/aromatic N) is 1. The van der Waals surface area contributed by atoms with Crippen molar-refractivity contribution in [2.75, 3.05) is 23.7 Å². The van der Waals surface area contributed by atoms with Crippen LogP contribution in [0.15, 0.2) is 48.5 Å². The molecule has 132 valence electrons. The first kappa shape index (κ1) is 17.3. The van der Waals surface area contributed by atoms with E-state index in [-0.39, 0.29) is 11.9 Å². The van der Waals surface area contributed by atoms with Crippen LogP contribution in [0.4, 0.5) is 11.4 Å². The van der Waals surface area contributed by atoms with E-state index in [1.807, 2.05) is 37.3 Å². The third kappa shape index (κ3) is 3.78. The first-order chi connectivity index (χ1) is 12.1. The van der Waals surface area contributed by atoms with Crippen molar-refractivity contribution < 1.29 is 4.79 Å². The molecule has 2 aromatic carbocycles. The summed E-state index contributed by atoms with van der Waals surface area (Å²) in [7, 11) is 0. The van der Waals surface area contributed by atoms with Gasteiger partial charge in [0.05, 0.1) is 0 Å². The first-order valence-corrected chi connectivity index (χ1v) is 9.04. The minimum absolute atomic E-state index is 0.0676. The van der Waals surface area contributed by atoms with E-state index in [1.54, 1.807) is 0 Å². The molecule has 0 bridgehead atoms. The van der Waals surface area contributed by atoms with Crippen molar-refractivity contribution in [2.45, 2.75) is 38.6 Å². The van der Waals surface area contributed by atoms with Crippen LogP contribution in [0.2, 0.25) is 0 Å². The Kier molecular flexibility index (Phi) is 5.27. The predicted octanol–water partition coefficient (Wildman–Crippen LogP) is 3.33. The Hall–Kier alpha value is -2.49. The smallest absolute Gasteiger partial charge is 0.242 e. The highest BCUT2D eigenvalue weighted by atomic mass is 16.2. The number of nitrogens with one attached hydrogen (secondary N) is 1. The van der Waals surface area contributed by atoms with Crippen molar-refractivity contribution in [3.05, 3.63) is 59.7 Å². The normalized spacial score (nSPS) is 16.0. The molecule has 3 N–H and O–H groups in total. The minimum Gasteiger partial charge on any atom is -0.398 e. The summed E-state index contributed by atoms with van der Waals surface area (Å²) in [5.41, 5.74) is 10.5. The molecule has 3 rings (SSSR count). The molecule has 1 aliphatic rings. The number of nitrogen functional groups attached to an aromatic ring is 1. The molecule has 0 saturated heterocycles. The average molecular weight is 337 g/mol. The third-order valence-electron chi connectivity index (χ3n) is 5.12. The lowest BCUT2D eigenvalue weighted by Crippen LogP contribution is -2.48. The highest BCUT2D eigenvalue weighted by molar-refractivity contribution is 5.86. The SMILES string of the molecule is CC(CNC(=O)C(C)N1CCCc2c(N)cccc21)c1ccccc1. The largest absolute Gasteiger partial charge is 0.398 e. The quantitative estimate of drug-likeness (QED) is 0.823. The molecule has 0 radical (unpaired) electrons. The van der Waals surface area contributed by atoms with Crippen LogP contribution < -0.4 is 16.0 Å². The van der Waals surface area contributed by atoms with Crippen LogP contribution in [0.1, 0.15) is 37.3 Å². The van der Waals surface area contributed by atoms with Crippen LogP contribution in [0.3, 0.4) is 0 Å². The monoisotopic (exact) mass is 337 g/mol. The summed E-state index contributed by atoms with van der Waals surface area (Å²) >= 11 is 0.